The van der Waals surface area contributed by atoms with Crippen molar-refractivity contribution in [3.63, 3.8) is 0 Å². The number of aromatic carboxylic acids is 1. The summed E-state index contributed by atoms with van der Waals surface area (Å²) in [6, 6.07) is 15.5. The molecule has 3 rings (SSSR count). The number of carboxylic acids is 1. The molecule has 0 aliphatic carbocycles. The van der Waals surface area contributed by atoms with Crippen LogP contribution < -0.4 is 0 Å². The fourth-order valence-electron chi connectivity index (χ4n) is 1.85. The number of aromatic nitrogens is 2. The molecule has 1 heterocycles. The van der Waals surface area contributed by atoms with Crippen LogP contribution in [-0.2, 0) is 0 Å². The molecule has 2 aromatic carbocycles. The molecule has 5 heteroatoms. The fraction of sp³-hybridized carbons (Fsp3) is 0. The molecule has 20 heavy (non-hydrogen) atoms. The molecule has 1 aromatic heterocycles. The smallest absolute Gasteiger partial charge is 0.354 e. The molecule has 0 spiro atoms. The van der Waals surface area contributed by atoms with Crippen molar-refractivity contribution in [1.29, 1.82) is 0 Å². The van der Waals surface area contributed by atoms with Gasteiger partial charge in [0.2, 0.25) is 0 Å². The van der Waals surface area contributed by atoms with Crippen molar-refractivity contribution in [1.82, 2.24) is 9.97 Å². The normalized spacial score (nSPS) is 10.6. The summed E-state index contributed by atoms with van der Waals surface area (Å²) in [5.41, 5.74) is 0.00305. The van der Waals surface area contributed by atoms with Gasteiger partial charge in [-0.3, -0.25) is 0 Å². The van der Waals surface area contributed by atoms with Crippen LogP contribution in [0.25, 0.3) is 10.8 Å². The van der Waals surface area contributed by atoms with Gasteiger partial charge in [-0.1, -0.05) is 30.3 Å². The molecule has 0 aliphatic rings. The van der Waals surface area contributed by atoms with E-state index in [1.165, 1.54) is 24.0 Å². The predicted octanol–water partition coefficient (Wildman–Crippen LogP) is 3.48. The molecule has 3 aromatic rings. The third kappa shape index (κ3) is 2.62. The first-order valence-corrected chi connectivity index (χ1v) is 6.77. The van der Waals surface area contributed by atoms with E-state index in [0.29, 0.717) is 5.16 Å². The van der Waals surface area contributed by atoms with Gasteiger partial charge in [0.05, 0.1) is 0 Å². The third-order valence-corrected chi connectivity index (χ3v) is 3.65. The average molecular weight is 282 g/mol. The quantitative estimate of drug-likeness (QED) is 0.745. The second kappa shape index (κ2) is 5.30. The van der Waals surface area contributed by atoms with Gasteiger partial charge in [-0.2, -0.15) is 0 Å². The minimum atomic E-state index is -1.05. The number of hydrogen-bond donors (Lipinski definition) is 1. The van der Waals surface area contributed by atoms with Crippen molar-refractivity contribution >= 4 is 28.5 Å². The summed E-state index contributed by atoms with van der Waals surface area (Å²) in [4.78, 5) is 19.9. The molecule has 0 saturated carbocycles. The molecule has 0 atom stereocenters. The molecule has 0 aliphatic heterocycles. The summed E-state index contributed by atoms with van der Waals surface area (Å²) in [6.07, 6.45) is 1.46. The summed E-state index contributed by atoms with van der Waals surface area (Å²) in [5, 5.41) is 11.6. The van der Waals surface area contributed by atoms with Crippen LogP contribution in [0.4, 0.5) is 0 Å². The maximum absolute atomic E-state index is 10.9. The molecule has 0 bridgehead atoms. The topological polar surface area (TPSA) is 63.1 Å². The highest BCUT2D eigenvalue weighted by Gasteiger charge is 2.07. The number of nitrogens with zero attached hydrogens (tertiary/aromatic N) is 2. The standard InChI is InChI=1S/C15H10N2O2S/c18-14(19)13-7-8-16-15(17-13)20-12-6-5-10-3-1-2-4-11(10)9-12/h1-9H,(H,18,19). The van der Waals surface area contributed by atoms with Crippen molar-refractivity contribution in [3.8, 4) is 0 Å². The first kappa shape index (κ1) is 12.6. The molecule has 0 amide bonds. The van der Waals surface area contributed by atoms with E-state index in [0.717, 1.165) is 15.7 Å². The van der Waals surface area contributed by atoms with Crippen LogP contribution >= 0.6 is 11.8 Å². The van der Waals surface area contributed by atoms with Gasteiger partial charge < -0.3 is 5.11 Å². The Hall–Kier alpha value is -2.40. The van der Waals surface area contributed by atoms with Gasteiger partial charge in [0.1, 0.15) is 0 Å². The minimum Gasteiger partial charge on any atom is -0.477 e. The summed E-state index contributed by atoms with van der Waals surface area (Å²) < 4.78 is 0. The lowest BCUT2D eigenvalue weighted by molar-refractivity contribution is 0.0689. The molecule has 4 nitrogen and oxygen atoms in total. The summed E-state index contributed by atoms with van der Waals surface area (Å²) in [7, 11) is 0. The van der Waals surface area contributed by atoms with E-state index in [2.05, 4.69) is 9.97 Å². The molecule has 1 N–H and O–H groups in total. The third-order valence-electron chi connectivity index (χ3n) is 2.78. The highest BCUT2D eigenvalue weighted by atomic mass is 32.2. The van der Waals surface area contributed by atoms with Crippen LogP contribution in [0.5, 0.6) is 0 Å². The Labute approximate surface area is 119 Å². The molecular formula is C15H10N2O2S. The Morgan fingerprint density at radius 2 is 1.85 bits per heavy atom. The van der Waals surface area contributed by atoms with Crippen LogP contribution in [0, 0.1) is 0 Å². The van der Waals surface area contributed by atoms with Gasteiger partial charge >= 0.3 is 5.97 Å². The molecular weight excluding hydrogens is 272 g/mol. The van der Waals surface area contributed by atoms with E-state index in [-0.39, 0.29) is 5.69 Å². The zero-order chi connectivity index (χ0) is 13.9. The second-order valence-electron chi connectivity index (χ2n) is 4.14. The number of carbonyl (C=O) groups is 1. The molecule has 0 fully saturated rings. The Kier molecular flexibility index (Phi) is 3.35. The Bertz CT molecular complexity index is 789. The van der Waals surface area contributed by atoms with Crippen molar-refractivity contribution < 1.29 is 9.90 Å². The highest BCUT2D eigenvalue weighted by Crippen LogP contribution is 2.27. The molecule has 0 unspecified atom stereocenters. The van der Waals surface area contributed by atoms with E-state index in [1.54, 1.807) is 0 Å². The lowest BCUT2D eigenvalue weighted by Crippen LogP contribution is -2.01. The molecule has 0 saturated heterocycles. The Morgan fingerprint density at radius 1 is 1.05 bits per heavy atom. The summed E-state index contributed by atoms with van der Waals surface area (Å²) in [5.74, 6) is -1.05. The van der Waals surface area contributed by atoms with Gasteiger partial charge in [-0.25, -0.2) is 14.8 Å². The van der Waals surface area contributed by atoms with E-state index in [4.69, 9.17) is 5.11 Å². The number of hydrogen-bond acceptors (Lipinski definition) is 4. The average Bonchev–Trinajstić information content (AvgIpc) is 2.47. The van der Waals surface area contributed by atoms with E-state index >= 15 is 0 Å². The largest absolute Gasteiger partial charge is 0.477 e. The van der Waals surface area contributed by atoms with Crippen LogP contribution in [0.15, 0.2) is 64.8 Å². The number of rotatable bonds is 3. The molecule has 98 valence electrons. The van der Waals surface area contributed by atoms with Crippen LogP contribution in [-0.4, -0.2) is 21.0 Å². The van der Waals surface area contributed by atoms with Gasteiger partial charge in [-0.15, -0.1) is 0 Å². The monoisotopic (exact) mass is 282 g/mol. The number of fused-ring (bicyclic) bond motifs is 1. The van der Waals surface area contributed by atoms with Crippen molar-refractivity contribution in [2.75, 3.05) is 0 Å². The Balaban J connectivity index is 1.92. The highest BCUT2D eigenvalue weighted by molar-refractivity contribution is 7.99. The van der Waals surface area contributed by atoms with Crippen LogP contribution in [0.2, 0.25) is 0 Å². The van der Waals surface area contributed by atoms with Crippen LogP contribution in [0.3, 0.4) is 0 Å². The number of carboxylic acid groups (broad SMARTS) is 1. The first-order valence-electron chi connectivity index (χ1n) is 5.95. The van der Waals surface area contributed by atoms with Gasteiger partial charge in [-0.05, 0) is 40.7 Å². The van der Waals surface area contributed by atoms with Crippen molar-refractivity contribution in [2.45, 2.75) is 10.1 Å². The van der Waals surface area contributed by atoms with Gasteiger partial charge in [0.15, 0.2) is 10.9 Å². The molecule has 0 radical (unpaired) electrons. The van der Waals surface area contributed by atoms with E-state index in [1.807, 2.05) is 42.5 Å². The lowest BCUT2D eigenvalue weighted by Gasteiger charge is -2.03. The SMILES string of the molecule is O=C(O)c1ccnc(Sc2ccc3ccccc3c2)n1. The first-order chi connectivity index (χ1) is 9.72. The minimum absolute atomic E-state index is 0.00305. The zero-order valence-electron chi connectivity index (χ0n) is 10.4. The van der Waals surface area contributed by atoms with Gasteiger partial charge in [0, 0.05) is 11.1 Å². The lowest BCUT2D eigenvalue weighted by atomic mass is 10.1. The van der Waals surface area contributed by atoms with Crippen molar-refractivity contribution in [2.24, 2.45) is 0 Å². The summed E-state index contributed by atoms with van der Waals surface area (Å²) >= 11 is 1.35. The van der Waals surface area contributed by atoms with E-state index in [9.17, 15) is 4.79 Å². The second-order valence-corrected chi connectivity index (χ2v) is 5.18. The fourth-order valence-corrected chi connectivity index (χ4v) is 2.64. The maximum Gasteiger partial charge on any atom is 0.354 e. The zero-order valence-corrected chi connectivity index (χ0v) is 11.2. The van der Waals surface area contributed by atoms with Crippen molar-refractivity contribution in [3.05, 3.63) is 60.4 Å². The summed E-state index contributed by atoms with van der Waals surface area (Å²) in [6.45, 7) is 0. The van der Waals surface area contributed by atoms with E-state index < -0.39 is 5.97 Å². The Morgan fingerprint density at radius 3 is 2.65 bits per heavy atom. The number of benzene rings is 2. The van der Waals surface area contributed by atoms with Crippen LogP contribution in [0.1, 0.15) is 10.5 Å². The predicted molar refractivity (Wildman–Crippen MR) is 77.1 cm³/mol. The van der Waals surface area contributed by atoms with Gasteiger partial charge in [0.25, 0.3) is 0 Å². The maximum atomic E-state index is 10.9.